The maximum Gasteiger partial charge on any atom is 0.271 e. The van der Waals surface area contributed by atoms with Crippen molar-refractivity contribution >= 4 is 37.5 Å². The highest BCUT2D eigenvalue weighted by atomic mass is 79.9. The molecule has 0 radical (unpaired) electrons. The maximum absolute atomic E-state index is 12.9. The fourth-order valence-corrected chi connectivity index (χ4v) is 4.31. The highest BCUT2D eigenvalue weighted by molar-refractivity contribution is 9.10. The average molecular weight is 487 g/mol. The van der Waals surface area contributed by atoms with E-state index in [1.165, 1.54) is 22.2 Å². The Bertz CT molecular complexity index is 1200. The smallest absolute Gasteiger partial charge is 0.271 e. The van der Waals surface area contributed by atoms with Crippen LogP contribution in [-0.4, -0.2) is 34.5 Å². The fraction of sp³-hybridized carbons (Fsp3) is 0.182. The Labute approximate surface area is 185 Å². The van der Waals surface area contributed by atoms with Crippen molar-refractivity contribution in [2.24, 2.45) is 0 Å². The number of hydrogen-bond donors (Lipinski definition) is 1. The lowest BCUT2D eigenvalue weighted by atomic mass is 10.2. The molecule has 4 aromatic rings. The second-order valence-corrected chi connectivity index (χ2v) is 8.64. The van der Waals surface area contributed by atoms with Gasteiger partial charge < -0.3 is 14.6 Å². The molecule has 1 N–H and O–H groups in total. The van der Waals surface area contributed by atoms with Crippen LogP contribution in [0.2, 0.25) is 0 Å². The molecule has 8 heteroatoms. The summed E-state index contributed by atoms with van der Waals surface area (Å²) in [4.78, 5) is 18.2. The molecule has 0 saturated carbocycles. The van der Waals surface area contributed by atoms with Gasteiger partial charge in [-0.15, -0.1) is 11.3 Å². The van der Waals surface area contributed by atoms with E-state index in [4.69, 9.17) is 9.47 Å². The molecule has 154 valence electrons. The number of ether oxygens (including phenoxy) is 2. The molecule has 2 aromatic carbocycles. The van der Waals surface area contributed by atoms with E-state index in [1.54, 1.807) is 7.11 Å². The molecule has 6 nitrogen and oxygen atoms in total. The van der Waals surface area contributed by atoms with Crippen molar-refractivity contribution < 1.29 is 14.6 Å². The lowest BCUT2D eigenvalue weighted by molar-refractivity contribution is 0.0915. The van der Waals surface area contributed by atoms with Crippen LogP contribution in [0.5, 0.6) is 11.5 Å². The van der Waals surface area contributed by atoms with Gasteiger partial charge in [0.2, 0.25) is 0 Å². The molecule has 0 spiro atoms. The minimum atomic E-state index is -0.841. The van der Waals surface area contributed by atoms with Crippen molar-refractivity contribution in [3.05, 3.63) is 75.8 Å². The van der Waals surface area contributed by atoms with Crippen LogP contribution in [0.4, 0.5) is 0 Å². The minimum Gasteiger partial charge on any atom is -0.497 e. The van der Waals surface area contributed by atoms with E-state index in [1.807, 2.05) is 54.6 Å². The second kappa shape index (κ2) is 8.99. The van der Waals surface area contributed by atoms with Gasteiger partial charge in [0.05, 0.1) is 25.5 Å². The van der Waals surface area contributed by atoms with Crippen LogP contribution in [0.1, 0.15) is 0 Å². The fourth-order valence-electron chi connectivity index (χ4n) is 2.98. The van der Waals surface area contributed by atoms with Crippen LogP contribution in [-0.2, 0) is 6.54 Å². The summed E-state index contributed by atoms with van der Waals surface area (Å²) in [5, 5.41) is 10.3. The number of methoxy groups -OCH3 is 1. The lowest BCUT2D eigenvalue weighted by Crippen LogP contribution is -2.30. The average Bonchev–Trinajstić information content (AvgIpc) is 3.21. The summed E-state index contributed by atoms with van der Waals surface area (Å²) >= 11 is 4.76. The first-order chi connectivity index (χ1) is 14.5. The Balaban J connectivity index is 1.49. The third-order valence-corrected chi connectivity index (χ3v) is 6.23. The number of fused-ring (bicyclic) bond motifs is 1. The molecule has 0 aliphatic heterocycles. The Kier molecular flexibility index (Phi) is 6.17. The highest BCUT2D eigenvalue weighted by Crippen LogP contribution is 2.31. The largest absolute Gasteiger partial charge is 0.497 e. The maximum atomic E-state index is 12.9. The third-order valence-electron chi connectivity index (χ3n) is 4.54. The van der Waals surface area contributed by atoms with Crippen molar-refractivity contribution in [1.82, 2.24) is 9.55 Å². The van der Waals surface area contributed by atoms with Crippen molar-refractivity contribution in [2.45, 2.75) is 12.6 Å². The van der Waals surface area contributed by atoms with Gasteiger partial charge >= 0.3 is 0 Å². The van der Waals surface area contributed by atoms with Gasteiger partial charge in [0, 0.05) is 9.35 Å². The minimum absolute atomic E-state index is 0.0770. The molecule has 4 rings (SSSR count). The number of aliphatic hydroxyl groups is 1. The zero-order valence-electron chi connectivity index (χ0n) is 16.1. The molecule has 30 heavy (non-hydrogen) atoms. The summed E-state index contributed by atoms with van der Waals surface area (Å²) in [6.45, 7) is 0.182. The van der Waals surface area contributed by atoms with Gasteiger partial charge in [-0.1, -0.05) is 15.9 Å². The monoisotopic (exact) mass is 486 g/mol. The molecule has 2 heterocycles. The van der Waals surface area contributed by atoms with E-state index in [0.29, 0.717) is 16.0 Å². The van der Waals surface area contributed by atoms with Crippen molar-refractivity contribution in [2.75, 3.05) is 13.7 Å². The van der Waals surface area contributed by atoms with Gasteiger partial charge in [-0.2, -0.15) is 0 Å². The molecular weight excluding hydrogens is 468 g/mol. The van der Waals surface area contributed by atoms with Gasteiger partial charge in [0.15, 0.2) is 0 Å². The molecule has 1 unspecified atom stereocenters. The van der Waals surface area contributed by atoms with Crippen LogP contribution in [0.15, 0.2) is 70.2 Å². The number of rotatable bonds is 7. The first kappa shape index (κ1) is 20.6. The number of aromatic nitrogens is 2. The molecule has 0 fully saturated rings. The summed E-state index contributed by atoms with van der Waals surface area (Å²) in [7, 11) is 1.62. The van der Waals surface area contributed by atoms with E-state index in [0.717, 1.165) is 20.7 Å². The molecular formula is C22H19BrN2O4S. The van der Waals surface area contributed by atoms with E-state index in [2.05, 4.69) is 20.9 Å². The van der Waals surface area contributed by atoms with Gasteiger partial charge in [-0.05, 0) is 60.2 Å². The Morgan fingerprint density at radius 2 is 1.83 bits per heavy atom. The third kappa shape index (κ3) is 4.56. The summed E-state index contributed by atoms with van der Waals surface area (Å²) in [6, 6.07) is 16.9. The van der Waals surface area contributed by atoms with Gasteiger partial charge in [-0.3, -0.25) is 9.36 Å². The number of aliphatic hydroxyl groups excluding tert-OH is 1. The number of benzene rings is 2. The Hall–Kier alpha value is -2.68. The predicted molar refractivity (Wildman–Crippen MR) is 122 cm³/mol. The molecule has 1 atom stereocenters. The van der Waals surface area contributed by atoms with E-state index < -0.39 is 6.10 Å². The second-order valence-electron chi connectivity index (χ2n) is 6.67. The number of hydrogen-bond acceptors (Lipinski definition) is 6. The number of thiophene rings is 1. The predicted octanol–water partition coefficient (Wildman–Crippen LogP) is 4.34. The van der Waals surface area contributed by atoms with Gasteiger partial charge in [0.25, 0.3) is 5.56 Å². The zero-order chi connectivity index (χ0) is 21.1. The Morgan fingerprint density at radius 1 is 1.13 bits per heavy atom. The molecule has 0 bridgehead atoms. The van der Waals surface area contributed by atoms with Gasteiger partial charge in [0.1, 0.15) is 28.9 Å². The van der Waals surface area contributed by atoms with E-state index in [9.17, 15) is 9.90 Å². The first-order valence-corrected chi connectivity index (χ1v) is 10.8. The van der Waals surface area contributed by atoms with Crippen LogP contribution in [0.3, 0.4) is 0 Å². The van der Waals surface area contributed by atoms with Crippen LogP contribution in [0.25, 0.3) is 20.7 Å². The Morgan fingerprint density at radius 3 is 2.53 bits per heavy atom. The van der Waals surface area contributed by atoms with Crippen molar-refractivity contribution in [1.29, 1.82) is 0 Å². The number of halogens is 1. The summed E-state index contributed by atoms with van der Waals surface area (Å²) in [5.41, 5.74) is 1.47. The molecule has 0 saturated heterocycles. The van der Waals surface area contributed by atoms with Crippen LogP contribution < -0.4 is 15.0 Å². The van der Waals surface area contributed by atoms with Crippen LogP contribution >= 0.6 is 27.3 Å². The number of nitrogens with zero attached hydrogens (tertiary/aromatic N) is 2. The molecule has 2 aromatic heterocycles. The molecule has 0 aliphatic carbocycles. The standard InChI is InChI=1S/C22H19BrN2O4S/c1-28-17-6-2-14(3-7-17)20-10-19-21(30-20)22(27)25(13-24-19)11-16(26)12-29-18-8-4-15(23)5-9-18/h2-10,13,16,26H,11-12H2,1H3. The normalized spacial score (nSPS) is 12.1. The SMILES string of the molecule is COc1ccc(-c2cc3ncn(CC(O)COc4ccc(Br)cc4)c(=O)c3s2)cc1. The van der Waals surface area contributed by atoms with Crippen molar-refractivity contribution in [3.63, 3.8) is 0 Å². The summed E-state index contributed by atoms with van der Waals surface area (Å²) in [5.74, 6) is 1.43. The quantitative estimate of drug-likeness (QED) is 0.420. The molecule has 0 aliphatic rings. The summed E-state index contributed by atoms with van der Waals surface area (Å²) < 4.78 is 13.7. The van der Waals surface area contributed by atoms with E-state index in [-0.39, 0.29) is 18.7 Å². The topological polar surface area (TPSA) is 73.6 Å². The van der Waals surface area contributed by atoms with Gasteiger partial charge in [-0.25, -0.2) is 4.98 Å². The van der Waals surface area contributed by atoms with E-state index >= 15 is 0 Å². The first-order valence-electron chi connectivity index (χ1n) is 9.23. The lowest BCUT2D eigenvalue weighted by Gasteiger charge is -2.13. The van der Waals surface area contributed by atoms with Crippen molar-refractivity contribution in [3.8, 4) is 21.9 Å². The molecule has 0 amide bonds. The summed E-state index contributed by atoms with van der Waals surface area (Å²) in [6.07, 6.45) is 0.629. The zero-order valence-corrected chi connectivity index (χ0v) is 18.5. The van der Waals surface area contributed by atoms with Crippen LogP contribution in [0, 0.1) is 0 Å². The highest BCUT2D eigenvalue weighted by Gasteiger charge is 2.13.